The molecule has 1 aromatic carbocycles. The average molecular weight is 360 g/mol. The first-order valence-corrected chi connectivity index (χ1v) is 8.60. The van der Waals surface area contributed by atoms with E-state index in [1.807, 2.05) is 30.4 Å². The topological polar surface area (TPSA) is 102 Å². The van der Waals surface area contributed by atoms with Crippen molar-refractivity contribution in [2.45, 2.75) is 19.3 Å². The summed E-state index contributed by atoms with van der Waals surface area (Å²) in [5.41, 5.74) is 9.33. The van der Waals surface area contributed by atoms with Gasteiger partial charge in [0.05, 0.1) is 6.20 Å². The van der Waals surface area contributed by atoms with Gasteiger partial charge in [-0.15, -0.1) is 0 Å². The molecular weight excluding hydrogens is 340 g/mol. The standard InChI is InChI=1S/C21H20N4O2/c22-19-7-2-1-5-17(19)11-21(27)20-9-8-15(12-23-20)10-18(26)6-3-4-16-13-24-25-14-16/h1-5,7-9,12-14H,6,10-11,22H2,(H,24,25)/b4-3+. The number of nitrogens with two attached hydrogens (primary N) is 1. The summed E-state index contributed by atoms with van der Waals surface area (Å²) in [5, 5.41) is 6.55. The molecule has 0 amide bonds. The second-order valence-electron chi connectivity index (χ2n) is 6.20. The number of nitrogens with one attached hydrogen (secondary N) is 1. The minimum Gasteiger partial charge on any atom is -0.398 e. The highest BCUT2D eigenvalue weighted by molar-refractivity contribution is 5.96. The number of para-hydroxylation sites is 1. The fourth-order valence-electron chi connectivity index (χ4n) is 2.63. The van der Waals surface area contributed by atoms with Crippen molar-refractivity contribution in [2.75, 3.05) is 5.73 Å². The Balaban J connectivity index is 1.54. The zero-order valence-electron chi connectivity index (χ0n) is 14.8. The van der Waals surface area contributed by atoms with Crippen LogP contribution in [0.3, 0.4) is 0 Å². The van der Waals surface area contributed by atoms with Crippen molar-refractivity contribution in [1.82, 2.24) is 15.2 Å². The SMILES string of the molecule is Nc1ccccc1CC(=O)c1ccc(CC(=O)C/C=C/c2cn[nH]c2)cn1. The van der Waals surface area contributed by atoms with Crippen LogP contribution in [0.1, 0.15) is 33.6 Å². The lowest BCUT2D eigenvalue weighted by molar-refractivity contribution is -0.117. The number of ketones is 2. The summed E-state index contributed by atoms with van der Waals surface area (Å²) in [6, 6.07) is 10.7. The molecule has 3 rings (SSSR count). The highest BCUT2D eigenvalue weighted by Crippen LogP contribution is 2.14. The van der Waals surface area contributed by atoms with Crippen LogP contribution >= 0.6 is 0 Å². The Kier molecular flexibility index (Phi) is 5.89. The molecule has 0 aliphatic carbocycles. The van der Waals surface area contributed by atoms with Gasteiger partial charge in [-0.25, -0.2) is 0 Å². The number of nitrogen functional groups attached to an aromatic ring is 1. The van der Waals surface area contributed by atoms with Crippen LogP contribution in [0.4, 0.5) is 5.69 Å². The Morgan fingerprint density at radius 2 is 1.93 bits per heavy atom. The van der Waals surface area contributed by atoms with E-state index in [0.29, 0.717) is 17.8 Å². The molecule has 6 heteroatoms. The summed E-state index contributed by atoms with van der Waals surface area (Å²) in [7, 11) is 0. The van der Waals surface area contributed by atoms with Crippen molar-refractivity contribution in [3.8, 4) is 0 Å². The average Bonchev–Trinajstić information content (AvgIpc) is 3.17. The predicted molar refractivity (Wildman–Crippen MR) is 104 cm³/mol. The Morgan fingerprint density at radius 3 is 2.63 bits per heavy atom. The molecule has 0 unspecified atom stereocenters. The molecule has 0 radical (unpaired) electrons. The first-order chi connectivity index (χ1) is 13.1. The number of nitrogens with zero attached hydrogens (tertiary/aromatic N) is 2. The van der Waals surface area contributed by atoms with E-state index in [1.54, 1.807) is 36.8 Å². The van der Waals surface area contributed by atoms with Crippen LogP contribution in [-0.4, -0.2) is 26.7 Å². The molecule has 6 nitrogen and oxygen atoms in total. The van der Waals surface area contributed by atoms with E-state index in [0.717, 1.165) is 16.7 Å². The van der Waals surface area contributed by atoms with E-state index in [4.69, 9.17) is 5.73 Å². The minimum atomic E-state index is -0.103. The van der Waals surface area contributed by atoms with Crippen LogP contribution in [0.5, 0.6) is 0 Å². The molecule has 0 fully saturated rings. The summed E-state index contributed by atoms with van der Waals surface area (Å²) >= 11 is 0. The maximum absolute atomic E-state index is 12.4. The number of anilines is 1. The summed E-state index contributed by atoms with van der Waals surface area (Å²) in [6.07, 6.45) is 9.49. The number of rotatable bonds is 8. The van der Waals surface area contributed by atoms with Crippen LogP contribution < -0.4 is 5.73 Å². The number of carbonyl (C=O) groups excluding carboxylic acids is 2. The molecule has 136 valence electrons. The van der Waals surface area contributed by atoms with E-state index in [-0.39, 0.29) is 24.4 Å². The predicted octanol–water partition coefficient (Wildman–Crippen LogP) is 3.03. The number of carbonyl (C=O) groups is 2. The van der Waals surface area contributed by atoms with Crippen LogP contribution in [0.25, 0.3) is 6.08 Å². The maximum atomic E-state index is 12.4. The zero-order chi connectivity index (χ0) is 19.1. The lowest BCUT2D eigenvalue weighted by Crippen LogP contribution is -2.08. The lowest BCUT2D eigenvalue weighted by atomic mass is 10.0. The van der Waals surface area contributed by atoms with E-state index in [9.17, 15) is 9.59 Å². The molecule has 3 aromatic rings. The molecular formula is C21H20N4O2. The van der Waals surface area contributed by atoms with Gasteiger partial charge in [-0.2, -0.15) is 5.10 Å². The van der Waals surface area contributed by atoms with Gasteiger partial charge in [0.1, 0.15) is 11.5 Å². The van der Waals surface area contributed by atoms with Crippen LogP contribution in [0.15, 0.2) is 61.1 Å². The summed E-state index contributed by atoms with van der Waals surface area (Å²) in [6.45, 7) is 0. The van der Waals surface area contributed by atoms with E-state index >= 15 is 0 Å². The molecule has 27 heavy (non-hydrogen) atoms. The summed E-state index contributed by atoms with van der Waals surface area (Å²) in [5.74, 6) is -0.0264. The maximum Gasteiger partial charge on any atom is 0.185 e. The fraction of sp³-hybridized carbons (Fsp3) is 0.143. The van der Waals surface area contributed by atoms with Gasteiger partial charge in [-0.1, -0.05) is 36.4 Å². The molecule has 0 atom stereocenters. The van der Waals surface area contributed by atoms with Crippen LogP contribution in [0.2, 0.25) is 0 Å². The number of H-pyrrole nitrogens is 1. The van der Waals surface area contributed by atoms with E-state index < -0.39 is 0 Å². The quantitative estimate of drug-likeness (QED) is 0.475. The van der Waals surface area contributed by atoms with Crippen molar-refractivity contribution in [2.24, 2.45) is 0 Å². The van der Waals surface area contributed by atoms with Crippen LogP contribution in [-0.2, 0) is 17.6 Å². The number of aromatic amines is 1. The number of allylic oxidation sites excluding steroid dienone is 1. The molecule has 2 aromatic heterocycles. The number of hydrogen-bond acceptors (Lipinski definition) is 5. The Morgan fingerprint density at radius 1 is 1.07 bits per heavy atom. The van der Waals surface area contributed by atoms with Gasteiger partial charge < -0.3 is 5.73 Å². The lowest BCUT2D eigenvalue weighted by Gasteiger charge is -2.05. The highest BCUT2D eigenvalue weighted by atomic mass is 16.1. The number of hydrogen-bond donors (Lipinski definition) is 2. The van der Waals surface area contributed by atoms with Crippen molar-refractivity contribution in [3.63, 3.8) is 0 Å². The third-order valence-electron chi connectivity index (χ3n) is 4.09. The molecule has 0 saturated heterocycles. The van der Waals surface area contributed by atoms with Gasteiger partial charge in [0.15, 0.2) is 5.78 Å². The van der Waals surface area contributed by atoms with E-state index in [2.05, 4.69) is 15.2 Å². The van der Waals surface area contributed by atoms with Crippen molar-refractivity contribution in [1.29, 1.82) is 0 Å². The minimum absolute atomic E-state index is 0.0766. The smallest absolute Gasteiger partial charge is 0.185 e. The number of benzene rings is 1. The third-order valence-corrected chi connectivity index (χ3v) is 4.09. The Bertz CT molecular complexity index is 945. The number of pyridine rings is 1. The van der Waals surface area contributed by atoms with Gasteiger partial charge >= 0.3 is 0 Å². The van der Waals surface area contributed by atoms with Gasteiger partial charge in [0, 0.05) is 42.9 Å². The normalized spacial score (nSPS) is 11.0. The second-order valence-corrected chi connectivity index (χ2v) is 6.20. The van der Waals surface area contributed by atoms with E-state index in [1.165, 1.54) is 0 Å². The summed E-state index contributed by atoms with van der Waals surface area (Å²) in [4.78, 5) is 28.6. The van der Waals surface area contributed by atoms with Crippen LogP contribution in [0, 0.1) is 0 Å². The van der Waals surface area contributed by atoms with Gasteiger partial charge in [0.25, 0.3) is 0 Å². The Hall–Kier alpha value is -3.54. The third kappa shape index (κ3) is 5.22. The van der Waals surface area contributed by atoms with Crippen molar-refractivity contribution in [3.05, 3.63) is 83.4 Å². The molecule has 3 N–H and O–H groups in total. The second kappa shape index (κ2) is 8.71. The number of aromatic nitrogens is 3. The molecule has 2 heterocycles. The zero-order valence-corrected chi connectivity index (χ0v) is 14.8. The summed E-state index contributed by atoms with van der Waals surface area (Å²) < 4.78 is 0. The first-order valence-electron chi connectivity index (χ1n) is 8.60. The van der Waals surface area contributed by atoms with Crippen molar-refractivity contribution < 1.29 is 9.59 Å². The van der Waals surface area contributed by atoms with Gasteiger partial charge in [-0.3, -0.25) is 19.7 Å². The van der Waals surface area contributed by atoms with Crippen molar-refractivity contribution >= 4 is 23.3 Å². The molecule has 0 aliphatic rings. The first kappa shape index (κ1) is 18.3. The monoisotopic (exact) mass is 360 g/mol. The largest absolute Gasteiger partial charge is 0.398 e. The molecule has 0 spiro atoms. The fourth-order valence-corrected chi connectivity index (χ4v) is 2.63. The molecule has 0 aliphatic heterocycles. The highest BCUT2D eigenvalue weighted by Gasteiger charge is 2.11. The van der Waals surface area contributed by atoms with Gasteiger partial charge in [-0.05, 0) is 23.3 Å². The molecule has 0 bridgehead atoms. The molecule has 0 saturated carbocycles. The number of Topliss-reactive ketones (excluding diaryl/α,β-unsaturated/α-hetero) is 2. The van der Waals surface area contributed by atoms with Gasteiger partial charge in [0.2, 0.25) is 0 Å². The Labute approximate surface area is 157 Å².